The van der Waals surface area contributed by atoms with Crippen LogP contribution in [0.4, 0.5) is 0 Å². The first-order valence-electron chi connectivity index (χ1n) is 5.50. The highest BCUT2D eigenvalue weighted by molar-refractivity contribution is 9.10. The molecule has 0 fully saturated rings. The van der Waals surface area contributed by atoms with Gasteiger partial charge in [-0.3, -0.25) is 4.79 Å². The van der Waals surface area contributed by atoms with Crippen LogP contribution in [0.3, 0.4) is 0 Å². The predicted molar refractivity (Wildman–Crippen MR) is 70.9 cm³/mol. The fourth-order valence-corrected chi connectivity index (χ4v) is 1.96. The highest BCUT2D eigenvalue weighted by Crippen LogP contribution is 2.29. The molecule has 3 N–H and O–H groups in total. The van der Waals surface area contributed by atoms with Gasteiger partial charge in [0.05, 0.1) is 6.54 Å². The van der Waals surface area contributed by atoms with E-state index >= 15 is 0 Å². The second-order valence-corrected chi connectivity index (χ2v) is 4.63. The zero-order chi connectivity index (χ0) is 12.8. The van der Waals surface area contributed by atoms with Crippen LogP contribution >= 0.6 is 15.9 Å². The zero-order valence-electron chi connectivity index (χ0n) is 9.96. The molecule has 0 bridgehead atoms. The van der Waals surface area contributed by atoms with Gasteiger partial charge in [-0.15, -0.1) is 0 Å². The first-order valence-corrected chi connectivity index (χ1v) is 6.30. The monoisotopic (exact) mass is 300 g/mol. The van der Waals surface area contributed by atoms with Crippen LogP contribution in [0.15, 0.2) is 22.7 Å². The lowest BCUT2D eigenvalue weighted by atomic mass is 10.0. The zero-order valence-corrected chi connectivity index (χ0v) is 11.5. The second kappa shape index (κ2) is 6.61. The van der Waals surface area contributed by atoms with Crippen molar-refractivity contribution in [2.75, 3.05) is 13.6 Å². The Balaban J connectivity index is 2.78. The number of likely N-dealkylation sites (N-methyl/N-ethyl adjacent to an activating group) is 1. The Bertz CT molecular complexity index is 396. The molecule has 5 heteroatoms. The van der Waals surface area contributed by atoms with E-state index in [4.69, 9.17) is 0 Å². The minimum Gasteiger partial charge on any atom is -0.508 e. The highest BCUT2D eigenvalue weighted by Gasteiger charge is 2.14. The third kappa shape index (κ3) is 4.02. The van der Waals surface area contributed by atoms with E-state index < -0.39 is 0 Å². The van der Waals surface area contributed by atoms with E-state index in [1.54, 1.807) is 19.2 Å². The SMILES string of the molecule is CCC(NCC(=O)NC)c1cc(Br)ccc1O. The van der Waals surface area contributed by atoms with Gasteiger partial charge < -0.3 is 15.7 Å². The first kappa shape index (κ1) is 14.0. The van der Waals surface area contributed by atoms with Crippen molar-refractivity contribution in [3.63, 3.8) is 0 Å². The lowest BCUT2D eigenvalue weighted by molar-refractivity contribution is -0.119. The van der Waals surface area contributed by atoms with E-state index in [2.05, 4.69) is 26.6 Å². The molecule has 0 aliphatic rings. The van der Waals surface area contributed by atoms with Crippen molar-refractivity contribution >= 4 is 21.8 Å². The van der Waals surface area contributed by atoms with Gasteiger partial charge in [0.2, 0.25) is 5.91 Å². The molecule has 1 aromatic carbocycles. The third-order valence-corrected chi connectivity index (χ3v) is 3.05. The number of nitrogens with one attached hydrogen (secondary N) is 2. The normalized spacial score (nSPS) is 12.2. The van der Waals surface area contributed by atoms with Crippen molar-refractivity contribution in [1.82, 2.24) is 10.6 Å². The summed E-state index contributed by atoms with van der Waals surface area (Å²) >= 11 is 3.37. The summed E-state index contributed by atoms with van der Waals surface area (Å²) in [6, 6.07) is 5.25. The summed E-state index contributed by atoms with van der Waals surface area (Å²) in [6.45, 7) is 2.24. The van der Waals surface area contributed by atoms with Gasteiger partial charge in [0, 0.05) is 23.1 Å². The fourth-order valence-electron chi connectivity index (χ4n) is 1.58. The molecule has 0 aliphatic carbocycles. The number of halogens is 1. The van der Waals surface area contributed by atoms with Crippen LogP contribution in [0.1, 0.15) is 24.9 Å². The summed E-state index contributed by atoms with van der Waals surface area (Å²) in [5, 5.41) is 15.5. The Morgan fingerprint density at radius 2 is 2.24 bits per heavy atom. The minimum atomic E-state index is -0.0714. The molecule has 1 rings (SSSR count). The van der Waals surface area contributed by atoms with Crippen LogP contribution in [-0.4, -0.2) is 24.6 Å². The average Bonchev–Trinajstić information content (AvgIpc) is 2.33. The maximum atomic E-state index is 11.2. The molecule has 0 aromatic heterocycles. The maximum absolute atomic E-state index is 11.2. The molecule has 0 saturated heterocycles. The highest BCUT2D eigenvalue weighted by atomic mass is 79.9. The molecule has 94 valence electrons. The molecule has 0 saturated carbocycles. The molecular weight excluding hydrogens is 284 g/mol. The fraction of sp³-hybridized carbons (Fsp3) is 0.417. The first-order chi connectivity index (χ1) is 8.08. The van der Waals surface area contributed by atoms with Gasteiger partial charge in [-0.25, -0.2) is 0 Å². The Morgan fingerprint density at radius 1 is 1.53 bits per heavy atom. The molecular formula is C12H17BrN2O2. The molecule has 0 heterocycles. The summed E-state index contributed by atoms with van der Waals surface area (Å²) in [4.78, 5) is 11.2. The van der Waals surface area contributed by atoms with Crippen LogP contribution in [-0.2, 0) is 4.79 Å². The lowest BCUT2D eigenvalue weighted by Crippen LogP contribution is -2.33. The topological polar surface area (TPSA) is 61.4 Å². The third-order valence-electron chi connectivity index (χ3n) is 2.56. The lowest BCUT2D eigenvalue weighted by Gasteiger charge is -2.18. The van der Waals surface area contributed by atoms with Crippen molar-refractivity contribution in [2.24, 2.45) is 0 Å². The van der Waals surface area contributed by atoms with E-state index in [0.717, 1.165) is 16.5 Å². The predicted octanol–water partition coefficient (Wildman–Crippen LogP) is 1.94. The van der Waals surface area contributed by atoms with Crippen LogP contribution in [0.25, 0.3) is 0 Å². The molecule has 1 unspecified atom stereocenters. The average molecular weight is 301 g/mol. The summed E-state index contributed by atoms with van der Waals surface area (Å²) < 4.78 is 0.908. The van der Waals surface area contributed by atoms with Gasteiger partial charge in [0.25, 0.3) is 0 Å². The van der Waals surface area contributed by atoms with Crippen LogP contribution in [0, 0.1) is 0 Å². The van der Waals surface area contributed by atoms with E-state index in [-0.39, 0.29) is 24.2 Å². The van der Waals surface area contributed by atoms with Gasteiger partial charge in [-0.1, -0.05) is 22.9 Å². The van der Waals surface area contributed by atoms with Gasteiger partial charge >= 0.3 is 0 Å². The van der Waals surface area contributed by atoms with E-state index in [1.165, 1.54) is 0 Å². The minimum absolute atomic E-state index is 0.0372. The number of phenolic OH excluding ortho intramolecular Hbond substituents is 1. The Kier molecular flexibility index (Phi) is 5.44. The largest absolute Gasteiger partial charge is 0.508 e. The Labute approximate surface area is 110 Å². The van der Waals surface area contributed by atoms with Gasteiger partial charge in [-0.05, 0) is 24.6 Å². The van der Waals surface area contributed by atoms with Crippen LogP contribution in [0.5, 0.6) is 5.75 Å². The molecule has 17 heavy (non-hydrogen) atoms. The molecule has 0 radical (unpaired) electrons. The maximum Gasteiger partial charge on any atom is 0.233 e. The number of hydrogen-bond acceptors (Lipinski definition) is 3. The number of benzene rings is 1. The summed E-state index contributed by atoms with van der Waals surface area (Å²) in [5.41, 5.74) is 0.797. The van der Waals surface area contributed by atoms with Gasteiger partial charge in [0.15, 0.2) is 0 Å². The van der Waals surface area contributed by atoms with E-state index in [0.29, 0.717) is 0 Å². The standard InChI is InChI=1S/C12H17BrN2O2/c1-3-10(15-7-12(17)14-2)9-6-8(13)4-5-11(9)16/h4-6,10,15-16H,3,7H2,1-2H3,(H,14,17). The Hall–Kier alpha value is -1.07. The summed E-state index contributed by atoms with van der Waals surface area (Å²) in [6.07, 6.45) is 0.793. The number of carbonyl (C=O) groups is 1. The molecule has 0 aliphatic heterocycles. The molecule has 1 amide bonds. The number of hydrogen-bond donors (Lipinski definition) is 3. The number of amides is 1. The van der Waals surface area contributed by atoms with Crippen molar-refractivity contribution in [3.8, 4) is 5.75 Å². The van der Waals surface area contributed by atoms with Crippen LogP contribution in [0.2, 0.25) is 0 Å². The smallest absolute Gasteiger partial charge is 0.233 e. The molecule has 0 spiro atoms. The van der Waals surface area contributed by atoms with Crippen molar-refractivity contribution in [1.29, 1.82) is 0 Å². The van der Waals surface area contributed by atoms with Crippen molar-refractivity contribution < 1.29 is 9.90 Å². The van der Waals surface area contributed by atoms with Gasteiger partial charge in [0.1, 0.15) is 5.75 Å². The number of aromatic hydroxyl groups is 1. The summed E-state index contributed by atoms with van der Waals surface area (Å²) in [5.74, 6) is 0.169. The van der Waals surface area contributed by atoms with Crippen molar-refractivity contribution in [2.45, 2.75) is 19.4 Å². The molecule has 1 atom stereocenters. The van der Waals surface area contributed by atoms with E-state index in [1.807, 2.05) is 13.0 Å². The number of phenols is 1. The Morgan fingerprint density at radius 3 is 2.82 bits per heavy atom. The number of rotatable bonds is 5. The number of carbonyl (C=O) groups excluding carboxylic acids is 1. The van der Waals surface area contributed by atoms with Crippen LogP contribution < -0.4 is 10.6 Å². The quantitative estimate of drug-likeness (QED) is 0.779. The second-order valence-electron chi connectivity index (χ2n) is 3.72. The van der Waals surface area contributed by atoms with E-state index in [9.17, 15) is 9.90 Å². The van der Waals surface area contributed by atoms with Crippen molar-refractivity contribution in [3.05, 3.63) is 28.2 Å². The van der Waals surface area contributed by atoms with Gasteiger partial charge in [-0.2, -0.15) is 0 Å². The molecule has 4 nitrogen and oxygen atoms in total. The summed E-state index contributed by atoms with van der Waals surface area (Å²) in [7, 11) is 1.60. The molecule has 1 aromatic rings.